The summed E-state index contributed by atoms with van der Waals surface area (Å²) in [6.45, 7) is 7.68. The molecule has 0 amide bonds. The Kier molecular flexibility index (Phi) is 4.34. The van der Waals surface area contributed by atoms with Crippen molar-refractivity contribution in [1.82, 2.24) is 5.32 Å². The molecule has 3 rings (SSSR count). The Balaban J connectivity index is 1.95. The van der Waals surface area contributed by atoms with Gasteiger partial charge in [-0.3, -0.25) is 0 Å². The normalized spacial score (nSPS) is 16.5. The van der Waals surface area contributed by atoms with Gasteiger partial charge in [0.1, 0.15) is 11.3 Å². The molecule has 0 spiro atoms. The Labute approximate surface area is 127 Å². The lowest BCUT2D eigenvalue weighted by atomic mass is 9.95. The van der Waals surface area contributed by atoms with Crippen molar-refractivity contribution >= 4 is 11.0 Å². The Morgan fingerprint density at radius 1 is 1.29 bits per heavy atom. The molecular weight excluding hydrogens is 258 g/mol. The number of furan rings is 1. The average molecular weight is 285 g/mol. The zero-order chi connectivity index (χ0) is 14.8. The summed E-state index contributed by atoms with van der Waals surface area (Å²) in [7, 11) is 0. The van der Waals surface area contributed by atoms with Crippen LogP contribution in [0.25, 0.3) is 11.0 Å². The minimum atomic E-state index is 0.617. The highest BCUT2D eigenvalue weighted by atomic mass is 16.3. The van der Waals surface area contributed by atoms with E-state index >= 15 is 0 Å². The molecule has 2 heteroatoms. The van der Waals surface area contributed by atoms with Crippen LogP contribution in [0.2, 0.25) is 0 Å². The SMILES string of the molecule is CCCc1c(CNC2CC2)oc2ccc(C(C)CC)cc12. The van der Waals surface area contributed by atoms with Gasteiger partial charge in [0.25, 0.3) is 0 Å². The lowest BCUT2D eigenvalue weighted by Gasteiger charge is -2.08. The summed E-state index contributed by atoms with van der Waals surface area (Å²) in [6.07, 6.45) is 6.10. The van der Waals surface area contributed by atoms with Crippen molar-refractivity contribution in [2.75, 3.05) is 0 Å². The first-order valence-electron chi connectivity index (χ1n) is 8.50. The van der Waals surface area contributed by atoms with Crippen molar-refractivity contribution in [2.24, 2.45) is 0 Å². The highest BCUT2D eigenvalue weighted by molar-refractivity contribution is 5.83. The molecular formula is C19H27NO. The van der Waals surface area contributed by atoms with Gasteiger partial charge >= 0.3 is 0 Å². The Hall–Kier alpha value is -1.28. The maximum Gasteiger partial charge on any atom is 0.134 e. The second-order valence-electron chi connectivity index (χ2n) is 6.47. The molecule has 2 nitrogen and oxygen atoms in total. The molecule has 1 heterocycles. The number of hydrogen-bond acceptors (Lipinski definition) is 2. The summed E-state index contributed by atoms with van der Waals surface area (Å²) in [5, 5.41) is 4.92. The van der Waals surface area contributed by atoms with Crippen molar-refractivity contribution in [2.45, 2.75) is 71.4 Å². The summed E-state index contributed by atoms with van der Waals surface area (Å²) < 4.78 is 6.14. The molecule has 1 aromatic carbocycles. The molecule has 1 fully saturated rings. The Bertz CT molecular complexity index is 609. The van der Waals surface area contributed by atoms with Crippen LogP contribution in [0.15, 0.2) is 22.6 Å². The molecule has 1 unspecified atom stereocenters. The van der Waals surface area contributed by atoms with Gasteiger partial charge in [0.2, 0.25) is 0 Å². The molecule has 1 N–H and O–H groups in total. The lowest BCUT2D eigenvalue weighted by molar-refractivity contribution is 0.505. The number of aryl methyl sites for hydroxylation is 1. The maximum absolute atomic E-state index is 6.14. The van der Waals surface area contributed by atoms with Crippen molar-refractivity contribution in [1.29, 1.82) is 0 Å². The summed E-state index contributed by atoms with van der Waals surface area (Å²) in [5.41, 5.74) is 3.91. The summed E-state index contributed by atoms with van der Waals surface area (Å²) in [4.78, 5) is 0. The molecule has 21 heavy (non-hydrogen) atoms. The van der Waals surface area contributed by atoms with Crippen molar-refractivity contribution < 1.29 is 4.42 Å². The van der Waals surface area contributed by atoms with Gasteiger partial charge in [0, 0.05) is 17.0 Å². The van der Waals surface area contributed by atoms with Crippen LogP contribution in [-0.4, -0.2) is 6.04 Å². The van der Waals surface area contributed by atoms with E-state index in [4.69, 9.17) is 4.42 Å². The van der Waals surface area contributed by atoms with Crippen LogP contribution < -0.4 is 5.32 Å². The van der Waals surface area contributed by atoms with Gasteiger partial charge < -0.3 is 9.73 Å². The molecule has 0 aliphatic heterocycles. The molecule has 1 atom stereocenters. The highest BCUT2D eigenvalue weighted by Gasteiger charge is 2.22. The monoisotopic (exact) mass is 285 g/mol. The van der Waals surface area contributed by atoms with Crippen molar-refractivity contribution in [3.8, 4) is 0 Å². The van der Waals surface area contributed by atoms with Gasteiger partial charge in [0.15, 0.2) is 0 Å². The fourth-order valence-corrected chi connectivity index (χ4v) is 2.95. The predicted molar refractivity (Wildman–Crippen MR) is 88.8 cm³/mol. The number of nitrogens with one attached hydrogen (secondary N) is 1. The van der Waals surface area contributed by atoms with Gasteiger partial charge in [-0.25, -0.2) is 0 Å². The molecule has 0 saturated heterocycles. The molecule has 114 valence electrons. The number of benzene rings is 1. The fraction of sp³-hybridized carbons (Fsp3) is 0.579. The molecule has 1 aliphatic carbocycles. The molecule has 0 radical (unpaired) electrons. The third kappa shape index (κ3) is 3.16. The van der Waals surface area contributed by atoms with Crippen LogP contribution in [0.3, 0.4) is 0 Å². The second-order valence-corrected chi connectivity index (χ2v) is 6.47. The van der Waals surface area contributed by atoms with Crippen molar-refractivity contribution in [3.05, 3.63) is 35.1 Å². The van der Waals surface area contributed by atoms with Crippen LogP contribution >= 0.6 is 0 Å². The van der Waals surface area contributed by atoms with E-state index < -0.39 is 0 Å². The first-order valence-corrected chi connectivity index (χ1v) is 8.50. The molecule has 1 saturated carbocycles. The summed E-state index contributed by atoms with van der Waals surface area (Å²) >= 11 is 0. The number of rotatable bonds is 7. The third-order valence-electron chi connectivity index (χ3n) is 4.71. The maximum atomic E-state index is 6.14. The van der Waals surface area contributed by atoms with Crippen LogP contribution in [0.1, 0.15) is 69.3 Å². The first kappa shape index (κ1) is 14.6. The standard InChI is InChI=1S/C19H27NO/c1-4-6-16-17-11-14(13(3)5-2)7-10-18(17)21-19(16)12-20-15-8-9-15/h7,10-11,13,15,20H,4-6,8-9,12H2,1-3H3. The minimum Gasteiger partial charge on any atom is -0.459 e. The zero-order valence-corrected chi connectivity index (χ0v) is 13.5. The highest BCUT2D eigenvalue weighted by Crippen LogP contribution is 2.31. The summed E-state index contributed by atoms with van der Waals surface area (Å²) in [5.74, 6) is 1.77. The fourth-order valence-electron chi connectivity index (χ4n) is 2.95. The van der Waals surface area contributed by atoms with Crippen LogP contribution in [0, 0.1) is 0 Å². The molecule has 1 aliphatic rings. The van der Waals surface area contributed by atoms with E-state index in [1.165, 1.54) is 42.2 Å². The second kappa shape index (κ2) is 6.23. The van der Waals surface area contributed by atoms with Crippen LogP contribution in [0.4, 0.5) is 0 Å². The van der Waals surface area contributed by atoms with E-state index in [0.29, 0.717) is 5.92 Å². The Morgan fingerprint density at radius 2 is 2.10 bits per heavy atom. The smallest absolute Gasteiger partial charge is 0.134 e. The largest absolute Gasteiger partial charge is 0.459 e. The van der Waals surface area contributed by atoms with Crippen molar-refractivity contribution in [3.63, 3.8) is 0 Å². The zero-order valence-electron chi connectivity index (χ0n) is 13.5. The van der Waals surface area contributed by atoms with E-state index in [1.807, 2.05) is 0 Å². The van der Waals surface area contributed by atoms with E-state index in [0.717, 1.165) is 30.4 Å². The van der Waals surface area contributed by atoms with E-state index in [9.17, 15) is 0 Å². The van der Waals surface area contributed by atoms with Crippen LogP contribution in [-0.2, 0) is 13.0 Å². The summed E-state index contributed by atoms with van der Waals surface area (Å²) in [6, 6.07) is 7.48. The third-order valence-corrected chi connectivity index (χ3v) is 4.71. The number of fused-ring (bicyclic) bond motifs is 1. The topological polar surface area (TPSA) is 25.2 Å². The minimum absolute atomic E-state index is 0.617. The van der Waals surface area contributed by atoms with Gasteiger partial charge in [-0.15, -0.1) is 0 Å². The van der Waals surface area contributed by atoms with Crippen LogP contribution in [0.5, 0.6) is 0 Å². The predicted octanol–water partition coefficient (Wildman–Crippen LogP) is 5.15. The lowest BCUT2D eigenvalue weighted by Crippen LogP contribution is -2.15. The molecule has 2 aromatic rings. The van der Waals surface area contributed by atoms with Gasteiger partial charge in [0.05, 0.1) is 6.54 Å². The number of hydrogen-bond donors (Lipinski definition) is 1. The van der Waals surface area contributed by atoms with E-state index in [1.54, 1.807) is 0 Å². The molecule has 1 aromatic heterocycles. The average Bonchev–Trinajstić information content (AvgIpc) is 3.27. The first-order chi connectivity index (χ1) is 10.2. The quantitative estimate of drug-likeness (QED) is 0.761. The Morgan fingerprint density at radius 3 is 2.76 bits per heavy atom. The van der Waals surface area contributed by atoms with Gasteiger partial charge in [-0.2, -0.15) is 0 Å². The van der Waals surface area contributed by atoms with Gasteiger partial charge in [-0.05, 0) is 49.3 Å². The van der Waals surface area contributed by atoms with E-state index in [2.05, 4.69) is 44.3 Å². The van der Waals surface area contributed by atoms with E-state index in [-0.39, 0.29) is 0 Å². The van der Waals surface area contributed by atoms with Gasteiger partial charge in [-0.1, -0.05) is 33.3 Å². The molecule has 0 bridgehead atoms.